The van der Waals surface area contributed by atoms with Crippen LogP contribution in [0.2, 0.25) is 0 Å². The van der Waals surface area contributed by atoms with Crippen molar-refractivity contribution in [3.8, 4) is 0 Å². The Kier molecular flexibility index (Phi) is 6.12. The molecule has 5 heteroatoms. The third kappa shape index (κ3) is 5.49. The molecule has 1 aliphatic carbocycles. The molecule has 0 aromatic rings. The van der Waals surface area contributed by atoms with Gasteiger partial charge in [-0.1, -0.05) is 0 Å². The number of amides is 2. The minimum Gasteiger partial charge on any atom is -0.347 e. The highest BCUT2D eigenvalue weighted by atomic mass is 16.2. The fourth-order valence-corrected chi connectivity index (χ4v) is 2.23. The Hall–Kier alpha value is -1.10. The number of nitrogens with two attached hydrogens (primary N) is 1. The van der Waals surface area contributed by atoms with Gasteiger partial charge in [-0.3, -0.25) is 9.59 Å². The molecule has 0 unspecified atom stereocenters. The minimum atomic E-state index is -0.0769. The molecular formula is C13H25N3O2. The SMILES string of the molecule is CN(C)C(=O)CNC(=O)CCC1CCC(N)CC1. The predicted octanol–water partition coefficient (Wildman–Crippen LogP) is 0.489. The molecule has 0 heterocycles. The van der Waals surface area contributed by atoms with Crippen molar-refractivity contribution >= 4 is 11.8 Å². The standard InChI is InChI=1S/C13H25N3O2/c1-16(2)13(18)9-15-12(17)8-5-10-3-6-11(14)7-4-10/h10-11H,3-9,14H2,1-2H3,(H,15,17). The minimum absolute atomic E-state index is 0.0277. The van der Waals surface area contributed by atoms with E-state index in [1.807, 2.05) is 0 Å². The first-order chi connectivity index (χ1) is 8.49. The first kappa shape index (κ1) is 15.0. The van der Waals surface area contributed by atoms with Gasteiger partial charge in [-0.05, 0) is 38.0 Å². The zero-order chi connectivity index (χ0) is 13.5. The van der Waals surface area contributed by atoms with Gasteiger partial charge in [-0.25, -0.2) is 0 Å². The van der Waals surface area contributed by atoms with Crippen LogP contribution in [0.4, 0.5) is 0 Å². The lowest BCUT2D eigenvalue weighted by molar-refractivity contribution is -0.131. The van der Waals surface area contributed by atoms with Crippen molar-refractivity contribution in [1.82, 2.24) is 10.2 Å². The first-order valence-corrected chi connectivity index (χ1v) is 6.71. The summed E-state index contributed by atoms with van der Waals surface area (Å²) >= 11 is 0. The van der Waals surface area contributed by atoms with Crippen LogP contribution in [0.15, 0.2) is 0 Å². The lowest BCUT2D eigenvalue weighted by Gasteiger charge is -2.25. The van der Waals surface area contributed by atoms with Crippen LogP contribution in [-0.4, -0.2) is 43.4 Å². The Morgan fingerprint density at radius 1 is 1.22 bits per heavy atom. The first-order valence-electron chi connectivity index (χ1n) is 6.71. The molecule has 3 N–H and O–H groups in total. The smallest absolute Gasteiger partial charge is 0.241 e. The van der Waals surface area contributed by atoms with E-state index in [9.17, 15) is 9.59 Å². The van der Waals surface area contributed by atoms with Crippen molar-refractivity contribution in [2.75, 3.05) is 20.6 Å². The van der Waals surface area contributed by atoms with Crippen LogP contribution in [0.3, 0.4) is 0 Å². The Morgan fingerprint density at radius 2 is 1.83 bits per heavy atom. The number of nitrogens with zero attached hydrogens (tertiary/aromatic N) is 1. The van der Waals surface area contributed by atoms with Gasteiger partial charge < -0.3 is 16.0 Å². The van der Waals surface area contributed by atoms with E-state index >= 15 is 0 Å². The molecule has 0 aromatic heterocycles. The van der Waals surface area contributed by atoms with Gasteiger partial charge in [0.05, 0.1) is 6.54 Å². The molecule has 1 aliphatic rings. The number of nitrogens with one attached hydrogen (secondary N) is 1. The highest BCUT2D eigenvalue weighted by Crippen LogP contribution is 2.26. The number of likely N-dealkylation sites (N-methyl/N-ethyl adjacent to an activating group) is 1. The summed E-state index contributed by atoms with van der Waals surface area (Å²) in [6, 6.07) is 0.354. The van der Waals surface area contributed by atoms with E-state index in [4.69, 9.17) is 5.73 Å². The summed E-state index contributed by atoms with van der Waals surface area (Å²) in [4.78, 5) is 24.3. The second-order valence-corrected chi connectivity index (χ2v) is 5.38. The van der Waals surface area contributed by atoms with E-state index in [-0.39, 0.29) is 18.4 Å². The maximum Gasteiger partial charge on any atom is 0.241 e. The molecule has 0 bridgehead atoms. The molecule has 104 valence electrons. The fourth-order valence-electron chi connectivity index (χ4n) is 2.23. The molecule has 5 nitrogen and oxygen atoms in total. The van der Waals surface area contributed by atoms with E-state index in [2.05, 4.69) is 5.32 Å². The summed E-state index contributed by atoms with van der Waals surface area (Å²) in [5, 5.41) is 2.66. The quantitative estimate of drug-likeness (QED) is 0.750. The van der Waals surface area contributed by atoms with E-state index in [1.165, 1.54) is 4.90 Å². The van der Waals surface area contributed by atoms with Crippen LogP contribution < -0.4 is 11.1 Å². The summed E-state index contributed by atoms with van der Waals surface area (Å²) in [5.41, 5.74) is 5.84. The molecule has 1 saturated carbocycles. The molecule has 1 fully saturated rings. The number of hydrogen-bond donors (Lipinski definition) is 2. The van der Waals surface area contributed by atoms with Crippen molar-refractivity contribution in [1.29, 1.82) is 0 Å². The summed E-state index contributed by atoms with van der Waals surface area (Å²) in [7, 11) is 3.36. The third-order valence-corrected chi connectivity index (χ3v) is 3.61. The van der Waals surface area contributed by atoms with Crippen LogP contribution in [-0.2, 0) is 9.59 Å². The van der Waals surface area contributed by atoms with Crippen LogP contribution in [0, 0.1) is 5.92 Å². The Balaban J connectivity index is 2.12. The second-order valence-electron chi connectivity index (χ2n) is 5.38. The van der Waals surface area contributed by atoms with Gasteiger partial charge in [0.15, 0.2) is 0 Å². The molecule has 0 spiro atoms. The van der Waals surface area contributed by atoms with Crippen molar-refractivity contribution in [2.24, 2.45) is 11.7 Å². The number of rotatable bonds is 5. The highest BCUT2D eigenvalue weighted by molar-refractivity contribution is 5.84. The largest absolute Gasteiger partial charge is 0.347 e. The fraction of sp³-hybridized carbons (Fsp3) is 0.846. The maximum atomic E-state index is 11.6. The molecular weight excluding hydrogens is 230 g/mol. The van der Waals surface area contributed by atoms with Gasteiger partial charge in [0.1, 0.15) is 0 Å². The van der Waals surface area contributed by atoms with Crippen molar-refractivity contribution in [3.63, 3.8) is 0 Å². The van der Waals surface area contributed by atoms with E-state index < -0.39 is 0 Å². The van der Waals surface area contributed by atoms with Gasteiger partial charge in [-0.15, -0.1) is 0 Å². The molecule has 18 heavy (non-hydrogen) atoms. The highest BCUT2D eigenvalue weighted by Gasteiger charge is 2.19. The molecule has 0 aromatic carbocycles. The Morgan fingerprint density at radius 3 is 2.39 bits per heavy atom. The van der Waals surface area contributed by atoms with Crippen molar-refractivity contribution in [3.05, 3.63) is 0 Å². The second kappa shape index (κ2) is 7.36. The van der Waals surface area contributed by atoms with E-state index in [1.54, 1.807) is 14.1 Å². The zero-order valence-electron chi connectivity index (χ0n) is 11.4. The zero-order valence-corrected chi connectivity index (χ0v) is 11.4. The molecule has 0 atom stereocenters. The molecule has 2 amide bonds. The topological polar surface area (TPSA) is 75.4 Å². The van der Waals surface area contributed by atoms with E-state index in [0.29, 0.717) is 18.4 Å². The van der Waals surface area contributed by atoms with Crippen LogP contribution >= 0.6 is 0 Å². The van der Waals surface area contributed by atoms with Gasteiger partial charge >= 0.3 is 0 Å². The Labute approximate surface area is 109 Å². The van der Waals surface area contributed by atoms with Crippen LogP contribution in [0.5, 0.6) is 0 Å². The lowest BCUT2D eigenvalue weighted by atomic mass is 9.84. The van der Waals surface area contributed by atoms with Crippen molar-refractivity contribution in [2.45, 2.75) is 44.6 Å². The van der Waals surface area contributed by atoms with Gasteiger partial charge in [0, 0.05) is 26.6 Å². The molecule has 1 rings (SSSR count). The summed E-state index contributed by atoms with van der Waals surface area (Å²) in [5.74, 6) is 0.521. The molecule has 0 aliphatic heterocycles. The number of hydrogen-bond acceptors (Lipinski definition) is 3. The normalized spacial score (nSPS) is 23.5. The lowest BCUT2D eigenvalue weighted by Crippen LogP contribution is -2.36. The average molecular weight is 255 g/mol. The predicted molar refractivity (Wildman–Crippen MR) is 70.9 cm³/mol. The third-order valence-electron chi connectivity index (χ3n) is 3.61. The van der Waals surface area contributed by atoms with Gasteiger partial charge in [-0.2, -0.15) is 0 Å². The van der Waals surface area contributed by atoms with Crippen LogP contribution in [0.25, 0.3) is 0 Å². The monoisotopic (exact) mass is 255 g/mol. The summed E-state index contributed by atoms with van der Waals surface area (Å²) < 4.78 is 0. The maximum absolute atomic E-state index is 11.6. The van der Waals surface area contributed by atoms with Gasteiger partial charge in [0.2, 0.25) is 11.8 Å². The number of carbonyl (C=O) groups is 2. The number of carbonyl (C=O) groups excluding carboxylic acids is 2. The summed E-state index contributed by atoms with van der Waals surface area (Å²) in [6.45, 7) is 0.0986. The summed E-state index contributed by atoms with van der Waals surface area (Å²) in [6.07, 6.45) is 5.84. The van der Waals surface area contributed by atoms with Gasteiger partial charge in [0.25, 0.3) is 0 Å². The average Bonchev–Trinajstić information content (AvgIpc) is 2.35. The van der Waals surface area contributed by atoms with E-state index in [0.717, 1.165) is 32.1 Å². The van der Waals surface area contributed by atoms with Crippen molar-refractivity contribution < 1.29 is 9.59 Å². The molecule has 0 radical (unpaired) electrons. The Bertz CT molecular complexity index is 284. The van der Waals surface area contributed by atoms with Crippen LogP contribution in [0.1, 0.15) is 38.5 Å². The molecule has 0 saturated heterocycles.